The van der Waals surface area contributed by atoms with Crippen molar-refractivity contribution in [3.63, 3.8) is 0 Å². The molecule has 0 aromatic rings. The van der Waals surface area contributed by atoms with Gasteiger partial charge in [0.1, 0.15) is 5.25 Å². The second kappa shape index (κ2) is 7.54. The van der Waals surface area contributed by atoms with Gasteiger partial charge in [0.05, 0.1) is 5.25 Å². The van der Waals surface area contributed by atoms with Gasteiger partial charge in [0.2, 0.25) is 5.91 Å². The molecule has 0 rings (SSSR count). The van der Waals surface area contributed by atoms with E-state index < -0.39 is 11.2 Å². The predicted octanol–water partition coefficient (Wildman–Crippen LogP) is 1.89. The Morgan fingerprint density at radius 2 is 1.69 bits per heavy atom. The molecule has 0 radical (unpaired) electrons. The lowest BCUT2D eigenvalue weighted by molar-refractivity contribution is -0.136. The smallest absolute Gasteiger partial charge is 0.316 e. The molecular weight excluding hydrogens is 226 g/mol. The molecule has 5 heteroatoms. The topological polar surface area (TPSA) is 66.4 Å². The highest BCUT2D eigenvalue weighted by Crippen LogP contribution is 2.18. The molecule has 2 unspecified atom stereocenters. The third kappa shape index (κ3) is 5.39. The molecule has 0 spiro atoms. The number of thioether (sulfide) groups is 1. The fourth-order valence-electron chi connectivity index (χ4n) is 1.24. The average Bonchev–Trinajstić information content (AvgIpc) is 2.24. The van der Waals surface area contributed by atoms with Crippen LogP contribution in [0.25, 0.3) is 0 Å². The Morgan fingerprint density at radius 3 is 2.06 bits per heavy atom. The maximum Gasteiger partial charge on any atom is 0.316 e. The fraction of sp³-hybridized carbons (Fsp3) is 0.818. The predicted molar refractivity (Wildman–Crippen MR) is 66.7 cm³/mol. The number of hydrogen-bond acceptors (Lipinski definition) is 3. The molecule has 2 atom stereocenters. The zero-order valence-corrected chi connectivity index (χ0v) is 11.1. The first-order chi connectivity index (χ1) is 7.42. The standard InChI is InChI=1S/C11H21NO3S/c1-5-9(6-2)12-10(13)7(3)16-8(4)11(14)15/h7-9H,5-6H2,1-4H3,(H,12,13)(H,14,15). The molecule has 0 aliphatic heterocycles. The third-order valence-electron chi connectivity index (χ3n) is 2.46. The van der Waals surface area contributed by atoms with Gasteiger partial charge in [-0.3, -0.25) is 9.59 Å². The Kier molecular flexibility index (Phi) is 7.21. The SMILES string of the molecule is CCC(CC)NC(=O)C(C)SC(C)C(=O)O. The van der Waals surface area contributed by atoms with Gasteiger partial charge in [-0.2, -0.15) is 0 Å². The highest BCUT2D eigenvalue weighted by molar-refractivity contribution is 8.01. The Morgan fingerprint density at radius 1 is 1.19 bits per heavy atom. The second-order valence-corrected chi connectivity index (χ2v) is 5.47. The van der Waals surface area contributed by atoms with Crippen LogP contribution in [0.4, 0.5) is 0 Å². The fourth-order valence-corrected chi connectivity index (χ4v) is 2.16. The zero-order chi connectivity index (χ0) is 12.7. The van der Waals surface area contributed by atoms with E-state index in [4.69, 9.17) is 5.11 Å². The van der Waals surface area contributed by atoms with Crippen molar-refractivity contribution in [2.45, 2.75) is 57.1 Å². The van der Waals surface area contributed by atoms with Gasteiger partial charge < -0.3 is 10.4 Å². The van der Waals surface area contributed by atoms with E-state index in [9.17, 15) is 9.59 Å². The molecule has 0 bridgehead atoms. The Hall–Kier alpha value is -0.710. The zero-order valence-electron chi connectivity index (χ0n) is 10.3. The number of aliphatic carboxylic acids is 1. The number of carboxylic acid groups (broad SMARTS) is 1. The number of rotatable bonds is 7. The molecular formula is C11H21NO3S. The van der Waals surface area contributed by atoms with E-state index in [0.717, 1.165) is 12.8 Å². The lowest BCUT2D eigenvalue weighted by Gasteiger charge is -2.19. The summed E-state index contributed by atoms with van der Waals surface area (Å²) in [6.07, 6.45) is 1.79. The van der Waals surface area contributed by atoms with Crippen molar-refractivity contribution in [1.29, 1.82) is 0 Å². The Bertz CT molecular complexity index is 241. The van der Waals surface area contributed by atoms with E-state index in [2.05, 4.69) is 5.32 Å². The van der Waals surface area contributed by atoms with Crippen molar-refractivity contribution in [2.75, 3.05) is 0 Å². The van der Waals surface area contributed by atoms with Gasteiger partial charge in [-0.1, -0.05) is 13.8 Å². The first-order valence-electron chi connectivity index (χ1n) is 5.60. The maximum atomic E-state index is 11.7. The van der Waals surface area contributed by atoms with E-state index in [-0.39, 0.29) is 17.2 Å². The van der Waals surface area contributed by atoms with Crippen molar-refractivity contribution in [3.8, 4) is 0 Å². The van der Waals surface area contributed by atoms with E-state index in [0.29, 0.717) is 0 Å². The quantitative estimate of drug-likeness (QED) is 0.721. The van der Waals surface area contributed by atoms with Crippen molar-refractivity contribution in [3.05, 3.63) is 0 Å². The van der Waals surface area contributed by atoms with Crippen molar-refractivity contribution in [2.24, 2.45) is 0 Å². The summed E-state index contributed by atoms with van der Waals surface area (Å²) in [6, 6.07) is 0.190. The molecule has 4 nitrogen and oxygen atoms in total. The highest BCUT2D eigenvalue weighted by atomic mass is 32.2. The summed E-state index contributed by atoms with van der Waals surface area (Å²) in [6.45, 7) is 7.37. The largest absolute Gasteiger partial charge is 0.480 e. The molecule has 0 aromatic carbocycles. The minimum absolute atomic E-state index is 0.0770. The van der Waals surface area contributed by atoms with Crippen LogP contribution in [-0.2, 0) is 9.59 Å². The molecule has 94 valence electrons. The van der Waals surface area contributed by atoms with Gasteiger partial charge in [0.15, 0.2) is 0 Å². The summed E-state index contributed by atoms with van der Waals surface area (Å²) in [4.78, 5) is 22.3. The monoisotopic (exact) mass is 247 g/mol. The normalized spacial score (nSPS) is 14.6. The number of carbonyl (C=O) groups is 2. The lowest BCUT2D eigenvalue weighted by Crippen LogP contribution is -2.39. The van der Waals surface area contributed by atoms with Crippen molar-refractivity contribution in [1.82, 2.24) is 5.32 Å². The maximum absolute atomic E-state index is 11.7. The summed E-state index contributed by atoms with van der Waals surface area (Å²) in [5.74, 6) is -0.959. The molecule has 0 saturated carbocycles. The number of carboxylic acids is 1. The minimum atomic E-state index is -0.882. The summed E-state index contributed by atoms with van der Waals surface area (Å²) in [5, 5.41) is 10.8. The minimum Gasteiger partial charge on any atom is -0.480 e. The number of hydrogen-bond donors (Lipinski definition) is 2. The van der Waals surface area contributed by atoms with Gasteiger partial charge in [-0.25, -0.2) is 0 Å². The van der Waals surface area contributed by atoms with Crippen molar-refractivity contribution >= 4 is 23.6 Å². The molecule has 0 saturated heterocycles. The first kappa shape index (κ1) is 15.3. The molecule has 16 heavy (non-hydrogen) atoms. The molecule has 2 N–H and O–H groups in total. The second-order valence-electron chi connectivity index (χ2n) is 3.78. The molecule has 0 aliphatic rings. The van der Waals surface area contributed by atoms with Crippen LogP contribution in [0.3, 0.4) is 0 Å². The van der Waals surface area contributed by atoms with Crippen LogP contribution < -0.4 is 5.32 Å². The molecule has 0 heterocycles. The number of carbonyl (C=O) groups excluding carboxylic acids is 1. The van der Waals surface area contributed by atoms with Crippen LogP contribution in [-0.4, -0.2) is 33.5 Å². The van der Waals surface area contributed by atoms with Crippen molar-refractivity contribution < 1.29 is 14.7 Å². The van der Waals surface area contributed by atoms with E-state index in [1.807, 2.05) is 13.8 Å². The molecule has 0 aromatic heterocycles. The Labute approximate surface area is 101 Å². The average molecular weight is 247 g/mol. The van der Waals surface area contributed by atoms with Crippen LogP contribution in [0.1, 0.15) is 40.5 Å². The summed E-state index contributed by atoms with van der Waals surface area (Å²) < 4.78 is 0. The van der Waals surface area contributed by atoms with Crippen LogP contribution in [0.2, 0.25) is 0 Å². The van der Waals surface area contributed by atoms with E-state index in [1.165, 1.54) is 11.8 Å². The Balaban J connectivity index is 4.13. The van der Waals surface area contributed by atoms with Gasteiger partial charge >= 0.3 is 5.97 Å². The van der Waals surface area contributed by atoms with Gasteiger partial charge in [0, 0.05) is 6.04 Å². The first-order valence-corrected chi connectivity index (χ1v) is 6.55. The summed E-state index contributed by atoms with van der Waals surface area (Å²) in [7, 11) is 0. The van der Waals surface area contributed by atoms with Crippen LogP contribution >= 0.6 is 11.8 Å². The third-order valence-corrected chi connectivity index (χ3v) is 3.69. The number of nitrogens with one attached hydrogen (secondary N) is 1. The van der Waals surface area contributed by atoms with Crippen LogP contribution in [0.5, 0.6) is 0 Å². The van der Waals surface area contributed by atoms with Gasteiger partial charge in [0.25, 0.3) is 0 Å². The van der Waals surface area contributed by atoms with Gasteiger partial charge in [-0.15, -0.1) is 11.8 Å². The number of amides is 1. The highest BCUT2D eigenvalue weighted by Gasteiger charge is 2.21. The van der Waals surface area contributed by atoms with Crippen LogP contribution in [0, 0.1) is 0 Å². The molecule has 0 aliphatic carbocycles. The molecule has 1 amide bonds. The lowest BCUT2D eigenvalue weighted by atomic mass is 10.2. The van der Waals surface area contributed by atoms with E-state index >= 15 is 0 Å². The summed E-state index contributed by atoms with van der Waals surface area (Å²) >= 11 is 1.17. The molecule has 0 fully saturated rings. The van der Waals surface area contributed by atoms with Crippen LogP contribution in [0.15, 0.2) is 0 Å². The van der Waals surface area contributed by atoms with E-state index in [1.54, 1.807) is 13.8 Å². The summed E-state index contributed by atoms with van der Waals surface area (Å²) in [5.41, 5.74) is 0. The van der Waals surface area contributed by atoms with Gasteiger partial charge in [-0.05, 0) is 26.7 Å².